The monoisotopic (exact) mass is 396 g/mol. The number of methoxy groups -OCH3 is 2. The lowest BCUT2D eigenvalue weighted by Gasteiger charge is -2.09. The highest BCUT2D eigenvalue weighted by molar-refractivity contribution is 5.44. The van der Waals surface area contributed by atoms with Gasteiger partial charge in [-0.3, -0.25) is 0 Å². The van der Waals surface area contributed by atoms with Crippen molar-refractivity contribution in [3.8, 4) is 23.0 Å². The first-order valence-electron chi connectivity index (χ1n) is 9.63. The highest BCUT2D eigenvalue weighted by atomic mass is 16.5. The van der Waals surface area contributed by atoms with Crippen molar-refractivity contribution >= 4 is 0 Å². The molecule has 4 aromatic carbocycles. The van der Waals surface area contributed by atoms with E-state index in [1.165, 1.54) is 0 Å². The maximum atomic E-state index is 10.3. The molecule has 0 bridgehead atoms. The summed E-state index contributed by atoms with van der Waals surface area (Å²) in [6.07, 6.45) is 0. The summed E-state index contributed by atoms with van der Waals surface area (Å²) in [7, 11) is 3.23. The molecule has 0 aromatic heterocycles. The Labute approximate surface area is 171 Å². The summed E-state index contributed by atoms with van der Waals surface area (Å²) in [5.74, 6) is 1.65. The topological polar surface area (TPSA) is 58.9 Å². The summed E-state index contributed by atoms with van der Waals surface area (Å²) in [5, 5.41) is 28.2. The van der Waals surface area contributed by atoms with Crippen LogP contribution in [0.2, 0.25) is 0 Å². The van der Waals surface area contributed by atoms with E-state index in [1.807, 2.05) is 48.5 Å². The maximum absolute atomic E-state index is 10.3. The molecule has 4 aromatic rings. The van der Waals surface area contributed by atoms with Gasteiger partial charge in [0.2, 0.25) is 0 Å². The van der Waals surface area contributed by atoms with Crippen LogP contribution < -0.4 is 9.47 Å². The van der Waals surface area contributed by atoms with Crippen molar-refractivity contribution in [2.24, 2.45) is 0 Å². The molecule has 0 fully saturated rings. The van der Waals surface area contributed by atoms with Gasteiger partial charge in [0, 0.05) is 0 Å². The normalized spacial score (nSPS) is 16.1. The number of hydrogen-bond acceptors (Lipinski definition) is 4. The molecule has 1 aliphatic carbocycles. The van der Waals surface area contributed by atoms with E-state index in [9.17, 15) is 10.2 Å². The summed E-state index contributed by atoms with van der Waals surface area (Å²) >= 11 is 0. The highest BCUT2D eigenvalue weighted by Crippen LogP contribution is 2.29. The van der Waals surface area contributed by atoms with Crippen LogP contribution >= 0.6 is 0 Å². The molecule has 0 unspecified atom stereocenters. The molecular formula is C26H20O4. The summed E-state index contributed by atoms with van der Waals surface area (Å²) < 4.78 is 11.2. The van der Waals surface area contributed by atoms with Gasteiger partial charge in [0.1, 0.15) is 11.5 Å². The fourth-order valence-corrected chi connectivity index (χ4v) is 4.26. The van der Waals surface area contributed by atoms with E-state index in [2.05, 4.69) is 0 Å². The van der Waals surface area contributed by atoms with Crippen LogP contribution in [0.1, 0.15) is 0 Å². The Morgan fingerprint density at radius 3 is 1.23 bits per heavy atom. The molecule has 30 heavy (non-hydrogen) atoms. The summed E-state index contributed by atoms with van der Waals surface area (Å²) in [5.41, 5.74) is 0. The number of benzene rings is 4. The fraction of sp³-hybridized carbons (Fsp3) is 0.0769. The van der Waals surface area contributed by atoms with Crippen LogP contribution in [0.15, 0.2) is 72.8 Å². The first kappa shape index (κ1) is 18.1. The average Bonchev–Trinajstić information content (AvgIpc) is 2.77. The zero-order valence-electron chi connectivity index (χ0n) is 16.6. The van der Waals surface area contributed by atoms with Crippen LogP contribution in [0.5, 0.6) is 23.0 Å². The first-order valence-corrected chi connectivity index (χ1v) is 9.63. The van der Waals surface area contributed by atoms with Crippen LogP contribution in [0.3, 0.4) is 0 Å². The Hall–Kier alpha value is -3.92. The largest absolute Gasteiger partial charge is 0.508 e. The molecule has 0 aliphatic heterocycles. The zero-order valence-corrected chi connectivity index (χ0v) is 16.6. The van der Waals surface area contributed by atoms with E-state index < -0.39 is 0 Å². The van der Waals surface area contributed by atoms with Crippen molar-refractivity contribution in [2.45, 2.75) is 0 Å². The van der Waals surface area contributed by atoms with Gasteiger partial charge in [-0.15, -0.1) is 0 Å². The van der Waals surface area contributed by atoms with E-state index in [1.54, 1.807) is 38.5 Å². The van der Waals surface area contributed by atoms with Crippen molar-refractivity contribution in [3.63, 3.8) is 0 Å². The zero-order chi connectivity index (χ0) is 20.8. The fourth-order valence-electron chi connectivity index (χ4n) is 4.26. The van der Waals surface area contributed by atoms with E-state index in [-0.39, 0.29) is 11.5 Å². The Morgan fingerprint density at radius 2 is 0.833 bits per heavy atom. The van der Waals surface area contributed by atoms with Gasteiger partial charge in [0.25, 0.3) is 0 Å². The third-order valence-corrected chi connectivity index (χ3v) is 5.62. The Bertz CT molecular complexity index is 1560. The van der Waals surface area contributed by atoms with Crippen LogP contribution in [0, 0.1) is 41.7 Å². The van der Waals surface area contributed by atoms with Gasteiger partial charge in [0.15, 0.2) is 11.5 Å². The maximum Gasteiger partial charge on any atom is 0.161 e. The van der Waals surface area contributed by atoms with E-state index in [0.29, 0.717) is 11.5 Å². The molecule has 0 radical (unpaired) electrons. The molecule has 148 valence electrons. The molecule has 4 nitrogen and oxygen atoms in total. The number of ether oxygens (including phenoxy) is 2. The second-order valence-electron chi connectivity index (χ2n) is 7.26. The van der Waals surface area contributed by atoms with Crippen LogP contribution in [0.25, 0.3) is 0 Å². The van der Waals surface area contributed by atoms with E-state index in [0.717, 1.165) is 41.7 Å². The standard InChI is InChI=1S/C26H20O4/c1-29-25-13-23-19-9-7-15(27)11-21(19)17-5-3-4-6-18(17)22-12-16(28)8-10-20(22)24(23)14-26(25)30-2/h3-14,27-28H,1-2H3/b21-17-,22-18-,23-19-,24-20-. The molecule has 0 saturated heterocycles. The summed E-state index contributed by atoms with van der Waals surface area (Å²) in [6, 6.07) is 22.8. The molecule has 2 N–H and O–H groups in total. The van der Waals surface area contributed by atoms with Gasteiger partial charge >= 0.3 is 0 Å². The van der Waals surface area contributed by atoms with Crippen molar-refractivity contribution in [3.05, 3.63) is 115 Å². The molecule has 0 heterocycles. The number of fused-ring (bicyclic) bond motifs is 4. The van der Waals surface area contributed by atoms with Gasteiger partial charge in [-0.05, 0) is 78.1 Å². The number of phenolic OH excluding ortho intramolecular Hbond substituents is 2. The van der Waals surface area contributed by atoms with Crippen LogP contribution in [-0.4, -0.2) is 24.4 Å². The second kappa shape index (κ2) is 6.85. The van der Waals surface area contributed by atoms with E-state index in [4.69, 9.17) is 9.47 Å². The smallest absolute Gasteiger partial charge is 0.161 e. The minimum Gasteiger partial charge on any atom is -0.508 e. The van der Waals surface area contributed by atoms with Crippen molar-refractivity contribution in [2.75, 3.05) is 14.2 Å². The Morgan fingerprint density at radius 1 is 0.467 bits per heavy atom. The number of rotatable bonds is 2. The molecule has 0 spiro atoms. The number of phenols is 2. The average molecular weight is 396 g/mol. The molecule has 4 heteroatoms. The third kappa shape index (κ3) is 2.69. The predicted octanol–water partition coefficient (Wildman–Crippen LogP) is 4.58. The second-order valence-corrected chi connectivity index (χ2v) is 7.26. The van der Waals surface area contributed by atoms with Gasteiger partial charge in [0.05, 0.1) is 14.2 Å². The predicted molar refractivity (Wildman–Crippen MR) is 113 cm³/mol. The lowest BCUT2D eigenvalue weighted by Crippen LogP contribution is -1.94. The quantitative estimate of drug-likeness (QED) is 0.459. The Balaban J connectivity index is 2.36. The van der Waals surface area contributed by atoms with Crippen molar-refractivity contribution in [1.29, 1.82) is 0 Å². The van der Waals surface area contributed by atoms with Crippen molar-refractivity contribution in [1.82, 2.24) is 0 Å². The molecule has 5 rings (SSSR count). The van der Waals surface area contributed by atoms with E-state index >= 15 is 0 Å². The van der Waals surface area contributed by atoms with Crippen molar-refractivity contribution < 1.29 is 19.7 Å². The number of hydrogen-bond donors (Lipinski definition) is 2. The molecular weight excluding hydrogens is 376 g/mol. The van der Waals surface area contributed by atoms with Crippen LogP contribution in [0.4, 0.5) is 0 Å². The molecule has 1 aliphatic rings. The van der Waals surface area contributed by atoms with Gasteiger partial charge in [-0.2, -0.15) is 0 Å². The first-order chi connectivity index (χ1) is 14.6. The summed E-state index contributed by atoms with van der Waals surface area (Å²) in [6.45, 7) is 0. The lowest BCUT2D eigenvalue weighted by atomic mass is 10.0. The van der Waals surface area contributed by atoms with Crippen LogP contribution in [-0.2, 0) is 0 Å². The molecule has 0 atom stereocenters. The van der Waals surface area contributed by atoms with Gasteiger partial charge < -0.3 is 19.7 Å². The highest BCUT2D eigenvalue weighted by Gasteiger charge is 2.08. The lowest BCUT2D eigenvalue weighted by molar-refractivity contribution is 0.354. The molecule has 0 saturated carbocycles. The van der Waals surface area contributed by atoms with Gasteiger partial charge in [-0.25, -0.2) is 0 Å². The SMILES string of the molecule is COc1cc2/c(cc1OC)=c1/ccc(O)c/c1=c1\cccc\c1=c1/cc(O)cc/c1=2. The minimum atomic E-state index is 0.197. The molecule has 0 amide bonds. The minimum absolute atomic E-state index is 0.197. The third-order valence-electron chi connectivity index (χ3n) is 5.62. The Kier molecular flexibility index (Phi) is 4.14. The van der Waals surface area contributed by atoms with Gasteiger partial charge in [-0.1, -0.05) is 36.4 Å². The number of aromatic hydroxyl groups is 2. The summed E-state index contributed by atoms with van der Waals surface area (Å²) in [4.78, 5) is 0.